The zero-order valence-corrected chi connectivity index (χ0v) is 13.8. The van der Waals surface area contributed by atoms with Crippen LogP contribution in [0.1, 0.15) is 37.7 Å². The van der Waals surface area contributed by atoms with Crippen LogP contribution in [-0.2, 0) is 11.2 Å². The van der Waals surface area contributed by atoms with E-state index >= 15 is 0 Å². The number of hydrogen-bond acceptors (Lipinski definition) is 2. The molecule has 2 N–H and O–H groups in total. The Morgan fingerprint density at radius 1 is 1.12 bits per heavy atom. The minimum absolute atomic E-state index is 0.0997. The number of nitrogens with zero attached hydrogens (tertiary/aromatic N) is 1. The van der Waals surface area contributed by atoms with Crippen molar-refractivity contribution in [2.45, 2.75) is 38.5 Å². The molecular weight excluding hydrogens is 311 g/mol. The van der Waals surface area contributed by atoms with E-state index in [1.165, 1.54) is 12.1 Å². The molecule has 0 radical (unpaired) electrons. The first-order valence-corrected chi connectivity index (χ1v) is 8.56. The minimum Gasteiger partial charge on any atom is -0.481 e. The normalized spacial score (nSPS) is 15.3. The summed E-state index contributed by atoms with van der Waals surface area (Å²) in [5.74, 6) is -1.30. The number of nitrogens with one attached hydrogen (secondary N) is 1. The first-order chi connectivity index (χ1) is 11.6. The van der Waals surface area contributed by atoms with Gasteiger partial charge in [0.2, 0.25) is 0 Å². The van der Waals surface area contributed by atoms with Gasteiger partial charge >= 0.3 is 12.0 Å². The van der Waals surface area contributed by atoms with Gasteiger partial charge in [0.1, 0.15) is 5.82 Å². The molecule has 0 saturated carbocycles. The van der Waals surface area contributed by atoms with Crippen molar-refractivity contribution < 1.29 is 19.1 Å². The molecule has 5 nitrogen and oxygen atoms in total. The number of likely N-dealkylation sites (tertiary alicyclic amines) is 1. The first-order valence-electron chi connectivity index (χ1n) is 8.56. The van der Waals surface area contributed by atoms with Gasteiger partial charge in [-0.15, -0.1) is 0 Å². The standard InChI is InChI=1S/C18H25FN2O3/c19-16-7-5-14(6-8-16)4-2-1-3-11-20-18(24)21-12-9-15(10-13-21)17(22)23/h5-8,15H,1-4,9-13H2,(H,20,24)(H,22,23). The van der Waals surface area contributed by atoms with Gasteiger partial charge in [0.05, 0.1) is 5.92 Å². The lowest BCUT2D eigenvalue weighted by Gasteiger charge is -2.30. The fourth-order valence-corrected chi connectivity index (χ4v) is 2.92. The number of piperidine rings is 1. The number of carboxylic acids is 1. The van der Waals surface area contributed by atoms with Gasteiger partial charge in [0.15, 0.2) is 0 Å². The summed E-state index contributed by atoms with van der Waals surface area (Å²) in [6, 6.07) is 6.46. The Morgan fingerprint density at radius 2 is 1.79 bits per heavy atom. The van der Waals surface area contributed by atoms with Crippen LogP contribution in [0.3, 0.4) is 0 Å². The van der Waals surface area contributed by atoms with Crippen LogP contribution in [0.2, 0.25) is 0 Å². The highest BCUT2D eigenvalue weighted by atomic mass is 19.1. The van der Waals surface area contributed by atoms with Crippen molar-refractivity contribution in [1.29, 1.82) is 0 Å². The van der Waals surface area contributed by atoms with Crippen LogP contribution in [0.5, 0.6) is 0 Å². The fraction of sp³-hybridized carbons (Fsp3) is 0.556. The largest absolute Gasteiger partial charge is 0.481 e. The van der Waals surface area contributed by atoms with E-state index < -0.39 is 5.97 Å². The van der Waals surface area contributed by atoms with Crippen LogP contribution in [0.15, 0.2) is 24.3 Å². The molecule has 1 aliphatic rings. The molecule has 0 atom stereocenters. The zero-order valence-electron chi connectivity index (χ0n) is 13.8. The molecule has 1 heterocycles. The summed E-state index contributed by atoms with van der Waals surface area (Å²) in [5.41, 5.74) is 1.13. The summed E-state index contributed by atoms with van der Waals surface area (Å²) in [6.45, 7) is 1.64. The van der Waals surface area contributed by atoms with E-state index in [0.717, 1.165) is 31.2 Å². The lowest BCUT2D eigenvalue weighted by molar-refractivity contribution is -0.143. The Morgan fingerprint density at radius 3 is 2.42 bits per heavy atom. The second-order valence-corrected chi connectivity index (χ2v) is 6.27. The highest BCUT2D eigenvalue weighted by molar-refractivity contribution is 5.75. The minimum atomic E-state index is -0.767. The van der Waals surface area contributed by atoms with E-state index in [1.54, 1.807) is 17.0 Å². The third-order valence-corrected chi connectivity index (χ3v) is 4.46. The molecule has 0 bridgehead atoms. The van der Waals surface area contributed by atoms with Crippen molar-refractivity contribution in [3.8, 4) is 0 Å². The van der Waals surface area contributed by atoms with E-state index in [0.29, 0.717) is 32.5 Å². The number of halogens is 1. The Bertz CT molecular complexity index is 540. The molecule has 1 aromatic carbocycles. The number of carbonyl (C=O) groups excluding carboxylic acids is 1. The van der Waals surface area contributed by atoms with Crippen LogP contribution >= 0.6 is 0 Å². The molecule has 0 spiro atoms. The van der Waals surface area contributed by atoms with Gasteiger partial charge in [-0.25, -0.2) is 9.18 Å². The molecular formula is C18H25FN2O3. The molecule has 1 fully saturated rings. The van der Waals surface area contributed by atoms with Gasteiger partial charge in [-0.05, 0) is 49.8 Å². The molecule has 0 unspecified atom stereocenters. The fourth-order valence-electron chi connectivity index (χ4n) is 2.92. The van der Waals surface area contributed by atoms with Gasteiger partial charge in [-0.1, -0.05) is 18.6 Å². The average Bonchev–Trinajstić information content (AvgIpc) is 2.59. The summed E-state index contributed by atoms with van der Waals surface area (Å²) in [6.07, 6.45) is 4.88. The molecule has 1 aromatic rings. The van der Waals surface area contributed by atoms with Crippen LogP contribution in [0, 0.1) is 11.7 Å². The first kappa shape index (κ1) is 18.2. The highest BCUT2D eigenvalue weighted by Crippen LogP contribution is 2.17. The topological polar surface area (TPSA) is 69.6 Å². The van der Waals surface area contributed by atoms with Gasteiger partial charge < -0.3 is 15.3 Å². The summed E-state index contributed by atoms with van der Waals surface area (Å²) >= 11 is 0. The number of amides is 2. The number of carboxylic acid groups (broad SMARTS) is 1. The van der Waals surface area contributed by atoms with E-state index in [4.69, 9.17) is 5.11 Å². The van der Waals surface area contributed by atoms with Crippen molar-refractivity contribution in [1.82, 2.24) is 10.2 Å². The molecule has 6 heteroatoms. The number of aryl methyl sites for hydroxylation is 1. The molecule has 2 amide bonds. The lowest BCUT2D eigenvalue weighted by Crippen LogP contribution is -2.45. The Hall–Kier alpha value is -2.11. The summed E-state index contributed by atoms with van der Waals surface area (Å²) in [7, 11) is 0. The molecule has 0 aromatic heterocycles. The Labute approximate surface area is 141 Å². The van der Waals surface area contributed by atoms with Crippen LogP contribution in [0.4, 0.5) is 9.18 Å². The van der Waals surface area contributed by atoms with E-state index in [9.17, 15) is 14.0 Å². The maximum atomic E-state index is 12.8. The third-order valence-electron chi connectivity index (χ3n) is 4.46. The van der Waals surface area contributed by atoms with Gasteiger partial charge in [-0.2, -0.15) is 0 Å². The molecule has 132 valence electrons. The van der Waals surface area contributed by atoms with Gasteiger partial charge in [-0.3, -0.25) is 4.79 Å². The quantitative estimate of drug-likeness (QED) is 0.752. The zero-order chi connectivity index (χ0) is 17.4. The third kappa shape index (κ3) is 5.83. The smallest absolute Gasteiger partial charge is 0.317 e. The summed E-state index contributed by atoms with van der Waals surface area (Å²) < 4.78 is 12.8. The van der Waals surface area contributed by atoms with E-state index in [-0.39, 0.29) is 17.8 Å². The van der Waals surface area contributed by atoms with Crippen LogP contribution in [0.25, 0.3) is 0 Å². The lowest BCUT2D eigenvalue weighted by atomic mass is 9.97. The number of rotatable bonds is 7. The van der Waals surface area contributed by atoms with Gasteiger partial charge in [0, 0.05) is 19.6 Å². The predicted molar refractivity (Wildman–Crippen MR) is 89.3 cm³/mol. The molecule has 0 aliphatic carbocycles. The van der Waals surface area contributed by atoms with Crippen molar-refractivity contribution in [3.63, 3.8) is 0 Å². The second-order valence-electron chi connectivity index (χ2n) is 6.27. The molecule has 1 saturated heterocycles. The maximum absolute atomic E-state index is 12.8. The molecule has 24 heavy (non-hydrogen) atoms. The number of hydrogen-bond donors (Lipinski definition) is 2. The van der Waals surface area contributed by atoms with Crippen molar-refractivity contribution in [2.24, 2.45) is 5.92 Å². The Balaban J connectivity index is 1.53. The van der Waals surface area contributed by atoms with E-state index in [2.05, 4.69) is 5.32 Å². The van der Waals surface area contributed by atoms with E-state index in [1.807, 2.05) is 0 Å². The number of aliphatic carboxylic acids is 1. The van der Waals surface area contributed by atoms with Crippen LogP contribution < -0.4 is 5.32 Å². The SMILES string of the molecule is O=C(O)C1CCN(C(=O)NCCCCCc2ccc(F)cc2)CC1. The average molecular weight is 336 g/mol. The van der Waals surface area contributed by atoms with Crippen LogP contribution in [-0.4, -0.2) is 41.6 Å². The summed E-state index contributed by atoms with van der Waals surface area (Å²) in [4.78, 5) is 24.6. The predicted octanol–water partition coefficient (Wildman–Crippen LogP) is 3.04. The van der Waals surface area contributed by atoms with Crippen molar-refractivity contribution in [2.75, 3.05) is 19.6 Å². The molecule has 2 rings (SSSR count). The van der Waals surface area contributed by atoms with Gasteiger partial charge in [0.25, 0.3) is 0 Å². The Kier molecular flexibility index (Phi) is 7.03. The monoisotopic (exact) mass is 336 g/mol. The number of urea groups is 1. The number of carbonyl (C=O) groups is 2. The van der Waals surface area contributed by atoms with Crippen molar-refractivity contribution in [3.05, 3.63) is 35.6 Å². The maximum Gasteiger partial charge on any atom is 0.317 e. The summed E-state index contributed by atoms with van der Waals surface area (Å²) in [5, 5.41) is 11.8. The number of unbranched alkanes of at least 4 members (excludes halogenated alkanes) is 2. The second kappa shape index (κ2) is 9.25. The number of benzene rings is 1. The van der Waals surface area contributed by atoms with Crippen molar-refractivity contribution >= 4 is 12.0 Å². The highest BCUT2D eigenvalue weighted by Gasteiger charge is 2.26. The molecule has 1 aliphatic heterocycles.